The molecule has 0 bridgehead atoms. The Bertz CT molecular complexity index is 747. The predicted molar refractivity (Wildman–Crippen MR) is 85.1 cm³/mol. The molecule has 2 aromatic carbocycles. The van der Waals surface area contributed by atoms with Gasteiger partial charge in [0, 0.05) is 6.07 Å². The van der Waals surface area contributed by atoms with Crippen LogP contribution in [0.2, 0.25) is 0 Å². The topological polar surface area (TPSA) is 56.8 Å². The van der Waals surface area contributed by atoms with Gasteiger partial charge >= 0.3 is 6.18 Å². The number of halogens is 3. The fourth-order valence-electron chi connectivity index (χ4n) is 2.01. The summed E-state index contributed by atoms with van der Waals surface area (Å²) < 4.78 is 53.3. The molecule has 5 nitrogen and oxygen atoms in total. The third-order valence-corrected chi connectivity index (χ3v) is 3.21. The lowest BCUT2D eigenvalue weighted by Crippen LogP contribution is -2.20. The number of rotatable bonds is 6. The van der Waals surface area contributed by atoms with Crippen LogP contribution in [0.1, 0.15) is 5.56 Å². The molecule has 0 atom stereocenters. The smallest absolute Gasteiger partial charge is 0.416 e. The Morgan fingerprint density at radius 3 is 2.44 bits per heavy atom. The van der Waals surface area contributed by atoms with Gasteiger partial charge < -0.3 is 19.5 Å². The Kier molecular flexibility index (Phi) is 5.74. The van der Waals surface area contributed by atoms with Crippen molar-refractivity contribution in [3.05, 3.63) is 48.0 Å². The molecule has 0 heterocycles. The zero-order valence-electron chi connectivity index (χ0n) is 13.5. The monoisotopic (exact) mass is 355 g/mol. The molecule has 2 rings (SSSR count). The van der Waals surface area contributed by atoms with E-state index in [2.05, 4.69) is 5.32 Å². The zero-order valence-corrected chi connectivity index (χ0v) is 13.5. The number of methoxy groups -OCH3 is 2. The number of hydrogen-bond acceptors (Lipinski definition) is 4. The summed E-state index contributed by atoms with van der Waals surface area (Å²) in [6.45, 7) is -0.457. The van der Waals surface area contributed by atoms with Crippen LogP contribution in [0.25, 0.3) is 0 Å². The summed E-state index contributed by atoms with van der Waals surface area (Å²) in [7, 11) is 2.92. The predicted octanol–water partition coefficient (Wildman–Crippen LogP) is 3.74. The first-order valence-corrected chi connectivity index (χ1v) is 7.15. The number of nitrogens with one attached hydrogen (secondary N) is 1. The van der Waals surface area contributed by atoms with Gasteiger partial charge in [-0.1, -0.05) is 6.07 Å². The largest absolute Gasteiger partial charge is 0.497 e. The van der Waals surface area contributed by atoms with E-state index in [9.17, 15) is 18.0 Å². The Morgan fingerprint density at radius 1 is 1.04 bits per heavy atom. The summed E-state index contributed by atoms with van der Waals surface area (Å²) >= 11 is 0. The summed E-state index contributed by atoms with van der Waals surface area (Å²) in [5.74, 6) is 0.315. The summed E-state index contributed by atoms with van der Waals surface area (Å²) in [5, 5.41) is 2.56. The van der Waals surface area contributed by atoms with E-state index < -0.39 is 24.3 Å². The van der Waals surface area contributed by atoms with E-state index in [1.807, 2.05) is 0 Å². The van der Waals surface area contributed by atoms with Crippen LogP contribution in [0.5, 0.6) is 17.2 Å². The number of anilines is 1. The van der Waals surface area contributed by atoms with Gasteiger partial charge in [0.05, 0.1) is 25.5 Å². The van der Waals surface area contributed by atoms with E-state index in [1.165, 1.54) is 26.4 Å². The maximum Gasteiger partial charge on any atom is 0.416 e. The molecule has 0 saturated carbocycles. The third-order valence-electron chi connectivity index (χ3n) is 3.21. The molecule has 134 valence electrons. The number of benzene rings is 2. The average molecular weight is 355 g/mol. The van der Waals surface area contributed by atoms with E-state index in [0.717, 1.165) is 12.1 Å². The second-order valence-corrected chi connectivity index (χ2v) is 4.93. The highest BCUT2D eigenvalue weighted by Crippen LogP contribution is 2.31. The van der Waals surface area contributed by atoms with E-state index in [4.69, 9.17) is 14.2 Å². The van der Waals surface area contributed by atoms with Crippen molar-refractivity contribution in [2.45, 2.75) is 6.18 Å². The van der Waals surface area contributed by atoms with Crippen molar-refractivity contribution in [2.75, 3.05) is 26.1 Å². The van der Waals surface area contributed by atoms with Gasteiger partial charge in [0.1, 0.15) is 17.2 Å². The van der Waals surface area contributed by atoms with Gasteiger partial charge in [-0.25, -0.2) is 0 Å². The van der Waals surface area contributed by atoms with Crippen LogP contribution >= 0.6 is 0 Å². The highest BCUT2D eigenvalue weighted by atomic mass is 19.4. The number of alkyl halides is 3. The van der Waals surface area contributed by atoms with Crippen molar-refractivity contribution in [1.29, 1.82) is 0 Å². The summed E-state index contributed by atoms with van der Waals surface area (Å²) in [6.07, 6.45) is -4.48. The molecule has 0 unspecified atom stereocenters. The van der Waals surface area contributed by atoms with Crippen LogP contribution in [0.15, 0.2) is 42.5 Å². The van der Waals surface area contributed by atoms with Gasteiger partial charge in [0.15, 0.2) is 6.61 Å². The van der Waals surface area contributed by atoms with Gasteiger partial charge in [-0.05, 0) is 30.3 Å². The molecule has 0 saturated heterocycles. The molecule has 0 aliphatic heterocycles. The Balaban J connectivity index is 2.02. The van der Waals surface area contributed by atoms with Gasteiger partial charge in [0.2, 0.25) is 0 Å². The van der Waals surface area contributed by atoms with Crippen LogP contribution in [-0.4, -0.2) is 26.7 Å². The van der Waals surface area contributed by atoms with Crippen molar-refractivity contribution in [3.63, 3.8) is 0 Å². The van der Waals surface area contributed by atoms with Gasteiger partial charge in [-0.3, -0.25) is 4.79 Å². The van der Waals surface area contributed by atoms with E-state index in [-0.39, 0.29) is 5.75 Å². The van der Waals surface area contributed by atoms with Crippen LogP contribution in [0.4, 0.5) is 18.9 Å². The maximum atomic E-state index is 12.6. The second-order valence-electron chi connectivity index (χ2n) is 4.93. The minimum absolute atomic E-state index is 0.0532. The molecule has 0 fully saturated rings. The first-order chi connectivity index (χ1) is 11.8. The number of carbonyl (C=O) groups is 1. The normalized spacial score (nSPS) is 10.9. The lowest BCUT2D eigenvalue weighted by Gasteiger charge is -2.13. The number of carbonyl (C=O) groups excluding carboxylic acids is 1. The summed E-state index contributed by atoms with van der Waals surface area (Å²) in [4.78, 5) is 12.0. The molecule has 1 N–H and O–H groups in total. The highest BCUT2D eigenvalue weighted by molar-refractivity contribution is 5.93. The lowest BCUT2D eigenvalue weighted by molar-refractivity contribution is -0.137. The van der Waals surface area contributed by atoms with Crippen molar-refractivity contribution in [2.24, 2.45) is 0 Å². The number of hydrogen-bond donors (Lipinski definition) is 1. The minimum Gasteiger partial charge on any atom is -0.497 e. The van der Waals surface area contributed by atoms with Crippen molar-refractivity contribution in [3.8, 4) is 17.2 Å². The van der Waals surface area contributed by atoms with E-state index in [0.29, 0.717) is 17.2 Å². The zero-order chi connectivity index (χ0) is 18.4. The van der Waals surface area contributed by atoms with Crippen molar-refractivity contribution < 1.29 is 32.2 Å². The minimum atomic E-state index is -4.48. The average Bonchev–Trinajstić information content (AvgIpc) is 2.59. The van der Waals surface area contributed by atoms with E-state index >= 15 is 0 Å². The molecule has 0 aliphatic rings. The molecule has 8 heteroatoms. The number of ether oxygens (including phenoxy) is 3. The lowest BCUT2D eigenvalue weighted by atomic mass is 10.2. The van der Waals surface area contributed by atoms with Crippen molar-refractivity contribution >= 4 is 11.6 Å². The fourth-order valence-corrected chi connectivity index (χ4v) is 2.01. The van der Waals surface area contributed by atoms with Crippen LogP contribution in [0, 0.1) is 0 Å². The highest BCUT2D eigenvalue weighted by Gasteiger charge is 2.30. The molecule has 0 radical (unpaired) electrons. The van der Waals surface area contributed by atoms with Crippen LogP contribution in [0.3, 0.4) is 0 Å². The number of amides is 1. The first-order valence-electron chi connectivity index (χ1n) is 7.15. The molecule has 0 aromatic heterocycles. The standard InChI is InChI=1S/C17H16F3NO4/c1-23-12-6-7-15(24-2)14(9-12)21-16(22)10-25-13-5-3-4-11(8-13)17(18,19)20/h3-9H,10H2,1-2H3,(H,21,22). The molecule has 0 spiro atoms. The maximum absolute atomic E-state index is 12.6. The quantitative estimate of drug-likeness (QED) is 0.858. The molecule has 2 aromatic rings. The Morgan fingerprint density at radius 2 is 1.80 bits per heavy atom. The van der Waals surface area contributed by atoms with Gasteiger partial charge in [-0.15, -0.1) is 0 Å². The summed E-state index contributed by atoms with van der Waals surface area (Å²) in [6, 6.07) is 9.14. The Hall–Kier alpha value is -2.90. The van der Waals surface area contributed by atoms with Crippen LogP contribution < -0.4 is 19.5 Å². The van der Waals surface area contributed by atoms with E-state index in [1.54, 1.807) is 18.2 Å². The van der Waals surface area contributed by atoms with Gasteiger partial charge in [-0.2, -0.15) is 13.2 Å². The summed E-state index contributed by atoms with van der Waals surface area (Å²) in [5.41, 5.74) is -0.487. The molecular formula is C17H16F3NO4. The second kappa shape index (κ2) is 7.78. The fraction of sp³-hybridized carbons (Fsp3) is 0.235. The third kappa shape index (κ3) is 5.03. The van der Waals surface area contributed by atoms with Gasteiger partial charge in [0.25, 0.3) is 5.91 Å². The first kappa shape index (κ1) is 18.4. The van der Waals surface area contributed by atoms with Crippen LogP contribution in [-0.2, 0) is 11.0 Å². The molecule has 1 amide bonds. The molecule has 25 heavy (non-hydrogen) atoms. The molecular weight excluding hydrogens is 339 g/mol. The van der Waals surface area contributed by atoms with Crippen molar-refractivity contribution in [1.82, 2.24) is 0 Å². The molecule has 0 aliphatic carbocycles. The SMILES string of the molecule is COc1ccc(OC)c(NC(=O)COc2cccc(C(F)(F)F)c2)c1. The Labute approximate surface area is 142 Å².